The zero-order valence-electron chi connectivity index (χ0n) is 10.8. The maximum Gasteiger partial charge on any atom is 0.113 e. The molecule has 1 aliphatic heterocycles. The molecule has 0 aliphatic carbocycles. The van der Waals surface area contributed by atoms with Crippen LogP contribution >= 0.6 is 22.7 Å². The highest BCUT2D eigenvalue weighted by molar-refractivity contribution is 7.22. The highest BCUT2D eigenvalue weighted by Gasteiger charge is 2.19. The third-order valence-corrected chi connectivity index (χ3v) is 5.52. The van der Waals surface area contributed by atoms with Crippen LogP contribution in [0, 0.1) is 0 Å². The minimum atomic E-state index is 0.247. The van der Waals surface area contributed by atoms with Gasteiger partial charge in [-0.2, -0.15) is 0 Å². The maximum atomic E-state index is 5.51. The first-order valence-corrected chi connectivity index (χ1v) is 8.35. The van der Waals surface area contributed by atoms with Crippen LogP contribution in [0.4, 0.5) is 0 Å². The molecule has 3 nitrogen and oxygen atoms in total. The van der Waals surface area contributed by atoms with Crippen molar-refractivity contribution in [2.75, 3.05) is 19.8 Å². The Morgan fingerprint density at radius 3 is 3.10 bits per heavy atom. The van der Waals surface area contributed by atoms with Crippen LogP contribution < -0.4 is 5.32 Å². The van der Waals surface area contributed by atoms with E-state index in [0.717, 1.165) is 30.5 Å². The third-order valence-electron chi connectivity index (χ3n) is 3.42. The average molecular weight is 302 g/mol. The fourth-order valence-electron chi connectivity index (χ4n) is 2.39. The molecule has 0 radical (unpaired) electrons. The Morgan fingerprint density at radius 1 is 1.30 bits per heavy atom. The van der Waals surface area contributed by atoms with Crippen molar-refractivity contribution in [1.82, 2.24) is 10.3 Å². The Morgan fingerprint density at radius 2 is 2.25 bits per heavy atom. The summed E-state index contributed by atoms with van der Waals surface area (Å²) in [4.78, 5) is 6.03. The van der Waals surface area contributed by atoms with Gasteiger partial charge in [0.05, 0.1) is 29.8 Å². The van der Waals surface area contributed by atoms with Gasteiger partial charge in [0.15, 0.2) is 0 Å². The molecule has 1 N–H and O–H groups in total. The Labute approximate surface area is 125 Å². The Balaban J connectivity index is 1.66. The van der Waals surface area contributed by atoms with Gasteiger partial charge in [0.2, 0.25) is 0 Å². The fraction of sp³-hybridized carbons (Fsp3) is 0.267. The summed E-state index contributed by atoms with van der Waals surface area (Å²) in [6, 6.07) is 10.9. The lowest BCUT2D eigenvalue weighted by atomic mass is 10.2. The topological polar surface area (TPSA) is 34.1 Å². The van der Waals surface area contributed by atoms with E-state index in [1.807, 2.05) is 0 Å². The molecule has 1 unspecified atom stereocenters. The fourth-order valence-corrected chi connectivity index (χ4v) is 4.37. The molecule has 3 heterocycles. The molecule has 1 saturated heterocycles. The van der Waals surface area contributed by atoms with Crippen LogP contribution in [0.2, 0.25) is 0 Å². The zero-order chi connectivity index (χ0) is 13.4. The number of hydrogen-bond acceptors (Lipinski definition) is 5. The third kappa shape index (κ3) is 2.27. The van der Waals surface area contributed by atoms with Crippen molar-refractivity contribution in [1.29, 1.82) is 0 Å². The molecule has 4 rings (SSSR count). The van der Waals surface area contributed by atoms with Crippen LogP contribution in [-0.2, 0) is 4.74 Å². The quantitative estimate of drug-likeness (QED) is 0.784. The average Bonchev–Trinajstić information content (AvgIpc) is 3.14. The Kier molecular flexibility index (Phi) is 3.28. The predicted molar refractivity (Wildman–Crippen MR) is 84.5 cm³/mol. The van der Waals surface area contributed by atoms with Crippen LogP contribution in [0.25, 0.3) is 20.7 Å². The smallest absolute Gasteiger partial charge is 0.113 e. The summed E-state index contributed by atoms with van der Waals surface area (Å²) in [6.07, 6.45) is 0. The van der Waals surface area contributed by atoms with Gasteiger partial charge < -0.3 is 10.1 Å². The first-order chi connectivity index (χ1) is 9.90. The molecule has 1 aliphatic rings. The van der Waals surface area contributed by atoms with E-state index in [1.54, 1.807) is 22.7 Å². The molecule has 3 aromatic rings. The van der Waals surface area contributed by atoms with Crippen LogP contribution in [-0.4, -0.2) is 24.7 Å². The minimum absolute atomic E-state index is 0.247. The Hall–Kier alpha value is -1.27. The van der Waals surface area contributed by atoms with E-state index in [1.165, 1.54) is 15.0 Å². The van der Waals surface area contributed by atoms with E-state index in [-0.39, 0.29) is 6.04 Å². The second kappa shape index (κ2) is 5.26. The molecule has 0 bridgehead atoms. The summed E-state index contributed by atoms with van der Waals surface area (Å²) in [5, 5.41) is 8.02. The summed E-state index contributed by atoms with van der Waals surface area (Å²) < 4.78 is 6.82. The number of morpholine rings is 1. The van der Waals surface area contributed by atoms with Crippen molar-refractivity contribution >= 4 is 32.8 Å². The molecule has 2 aromatic heterocycles. The predicted octanol–water partition coefficient (Wildman–Crippen LogP) is 3.69. The number of thiazole rings is 1. The first-order valence-electron chi connectivity index (χ1n) is 6.66. The highest BCUT2D eigenvalue weighted by Crippen LogP contribution is 2.34. The summed E-state index contributed by atoms with van der Waals surface area (Å²) in [6.45, 7) is 2.42. The molecule has 0 amide bonds. The monoisotopic (exact) mass is 302 g/mol. The zero-order valence-corrected chi connectivity index (χ0v) is 12.5. The molecule has 1 atom stereocenters. The SMILES string of the molecule is c1ccc2sc(-c3csc(C4COCCN4)n3)cc2c1. The molecule has 20 heavy (non-hydrogen) atoms. The van der Waals surface area contributed by atoms with E-state index in [9.17, 15) is 0 Å². The molecule has 0 spiro atoms. The summed E-state index contributed by atoms with van der Waals surface area (Å²) in [7, 11) is 0. The molecule has 1 aromatic carbocycles. The summed E-state index contributed by atoms with van der Waals surface area (Å²) in [5.41, 5.74) is 1.08. The number of fused-ring (bicyclic) bond motifs is 1. The van der Waals surface area contributed by atoms with Gasteiger partial charge in [-0.25, -0.2) is 4.98 Å². The van der Waals surface area contributed by atoms with Crippen molar-refractivity contribution in [2.45, 2.75) is 6.04 Å². The lowest BCUT2D eigenvalue weighted by Crippen LogP contribution is -2.34. The molecule has 102 valence electrons. The van der Waals surface area contributed by atoms with E-state index in [0.29, 0.717) is 0 Å². The Bertz CT molecular complexity index is 695. The number of thiophene rings is 1. The van der Waals surface area contributed by atoms with E-state index in [2.05, 4.69) is 41.0 Å². The second-order valence-electron chi connectivity index (χ2n) is 4.80. The van der Waals surface area contributed by atoms with Crippen LogP contribution in [0.5, 0.6) is 0 Å². The molecule has 0 saturated carbocycles. The van der Waals surface area contributed by atoms with Gasteiger partial charge in [0.25, 0.3) is 0 Å². The van der Waals surface area contributed by atoms with Crippen molar-refractivity contribution < 1.29 is 4.74 Å². The van der Waals surface area contributed by atoms with Gasteiger partial charge in [-0.15, -0.1) is 22.7 Å². The van der Waals surface area contributed by atoms with Crippen molar-refractivity contribution in [3.63, 3.8) is 0 Å². The standard InChI is InChI=1S/C15H14N2OS2/c1-2-4-13-10(3-1)7-14(20-13)12-9-19-15(17-12)11-8-18-6-5-16-11/h1-4,7,9,11,16H,5-6,8H2. The molecular weight excluding hydrogens is 288 g/mol. The van der Waals surface area contributed by atoms with Crippen LogP contribution in [0.1, 0.15) is 11.0 Å². The van der Waals surface area contributed by atoms with E-state index < -0.39 is 0 Å². The van der Waals surface area contributed by atoms with Gasteiger partial charge in [-0.3, -0.25) is 0 Å². The highest BCUT2D eigenvalue weighted by atomic mass is 32.1. The van der Waals surface area contributed by atoms with Gasteiger partial charge in [0, 0.05) is 16.6 Å². The van der Waals surface area contributed by atoms with Gasteiger partial charge in [-0.05, 0) is 17.5 Å². The van der Waals surface area contributed by atoms with Crippen molar-refractivity contribution in [3.05, 3.63) is 40.7 Å². The molecule has 1 fully saturated rings. The van der Waals surface area contributed by atoms with Gasteiger partial charge in [-0.1, -0.05) is 18.2 Å². The number of hydrogen-bond donors (Lipinski definition) is 1. The lowest BCUT2D eigenvalue weighted by Gasteiger charge is -2.21. The van der Waals surface area contributed by atoms with Crippen molar-refractivity contribution in [2.24, 2.45) is 0 Å². The second-order valence-corrected chi connectivity index (χ2v) is 6.77. The van der Waals surface area contributed by atoms with Crippen LogP contribution in [0.3, 0.4) is 0 Å². The van der Waals surface area contributed by atoms with Gasteiger partial charge >= 0.3 is 0 Å². The number of ether oxygens (including phenoxy) is 1. The van der Waals surface area contributed by atoms with E-state index >= 15 is 0 Å². The number of nitrogens with one attached hydrogen (secondary N) is 1. The number of aromatic nitrogens is 1. The lowest BCUT2D eigenvalue weighted by molar-refractivity contribution is 0.0768. The molecular formula is C15H14N2OS2. The van der Waals surface area contributed by atoms with Crippen LogP contribution in [0.15, 0.2) is 35.7 Å². The van der Waals surface area contributed by atoms with Crippen molar-refractivity contribution in [3.8, 4) is 10.6 Å². The number of nitrogens with zero attached hydrogens (tertiary/aromatic N) is 1. The van der Waals surface area contributed by atoms with E-state index in [4.69, 9.17) is 9.72 Å². The first kappa shape index (κ1) is 12.5. The maximum absolute atomic E-state index is 5.51. The largest absolute Gasteiger partial charge is 0.378 e. The minimum Gasteiger partial charge on any atom is -0.378 e. The normalized spacial score (nSPS) is 19.5. The number of rotatable bonds is 2. The molecule has 5 heteroatoms. The summed E-state index contributed by atoms with van der Waals surface area (Å²) in [5.74, 6) is 0. The summed E-state index contributed by atoms with van der Waals surface area (Å²) >= 11 is 3.52. The number of benzene rings is 1. The van der Waals surface area contributed by atoms with Gasteiger partial charge in [0.1, 0.15) is 5.01 Å².